The van der Waals surface area contributed by atoms with Gasteiger partial charge in [-0.1, -0.05) is 6.92 Å². The van der Waals surface area contributed by atoms with Crippen LogP contribution >= 0.6 is 0 Å². The lowest BCUT2D eigenvalue weighted by Crippen LogP contribution is -2.25. The van der Waals surface area contributed by atoms with E-state index in [9.17, 15) is 13.6 Å². The van der Waals surface area contributed by atoms with E-state index in [0.717, 1.165) is 11.1 Å². The van der Waals surface area contributed by atoms with Gasteiger partial charge in [0, 0.05) is 12.7 Å². The highest BCUT2D eigenvalue weighted by molar-refractivity contribution is 5.96. The predicted molar refractivity (Wildman–Crippen MR) is 55.3 cm³/mol. The normalized spacial score (nSPS) is 10.8. The maximum Gasteiger partial charge on any atom is 0.273 e. The number of nitrogens with one attached hydrogen (secondary N) is 1. The number of rotatable bonds is 5. The lowest BCUT2D eigenvalue weighted by molar-refractivity contribution is 0.0943. The van der Waals surface area contributed by atoms with Crippen LogP contribution in [-0.4, -0.2) is 28.7 Å². The number of nitrogen functional groups attached to an aromatic ring is 1. The van der Waals surface area contributed by atoms with Crippen molar-refractivity contribution in [2.45, 2.75) is 26.3 Å². The molecule has 0 unspecified atom stereocenters. The van der Waals surface area contributed by atoms with Gasteiger partial charge >= 0.3 is 0 Å². The van der Waals surface area contributed by atoms with Gasteiger partial charge in [0.15, 0.2) is 5.69 Å². The molecule has 1 aromatic rings. The second kappa shape index (κ2) is 5.43. The third kappa shape index (κ3) is 3.18. The molecule has 5 nitrogen and oxygen atoms in total. The highest BCUT2D eigenvalue weighted by Crippen LogP contribution is 2.10. The number of carbonyl (C=O) groups excluding carboxylic acids is 1. The van der Waals surface area contributed by atoms with E-state index in [1.807, 2.05) is 6.92 Å². The Kier molecular flexibility index (Phi) is 4.21. The summed E-state index contributed by atoms with van der Waals surface area (Å²) in [7, 11) is 0. The smallest absolute Gasteiger partial charge is 0.273 e. The van der Waals surface area contributed by atoms with Crippen LogP contribution < -0.4 is 11.1 Å². The zero-order valence-corrected chi connectivity index (χ0v) is 8.91. The fourth-order valence-corrected chi connectivity index (χ4v) is 1.17. The average Bonchev–Trinajstić information content (AvgIpc) is 2.54. The number of hydrogen-bond acceptors (Lipinski definition) is 3. The van der Waals surface area contributed by atoms with E-state index in [-0.39, 0.29) is 11.4 Å². The number of nitrogens with two attached hydrogens (primary N) is 1. The number of anilines is 1. The third-order valence-corrected chi connectivity index (χ3v) is 1.87. The number of nitrogens with zero attached hydrogens (tertiary/aromatic N) is 2. The molecule has 0 aliphatic rings. The Labute approximate surface area is 91.6 Å². The molecule has 0 atom stereocenters. The van der Waals surface area contributed by atoms with Gasteiger partial charge in [0.05, 0.1) is 5.69 Å². The molecule has 1 rings (SSSR count). The maximum absolute atomic E-state index is 12.1. The van der Waals surface area contributed by atoms with Crippen molar-refractivity contribution in [3.63, 3.8) is 0 Å². The lowest BCUT2D eigenvalue weighted by atomic mass is 10.3. The molecule has 1 amide bonds. The average molecular weight is 232 g/mol. The minimum absolute atomic E-state index is 0.00546. The molecule has 90 valence electrons. The molecule has 0 aliphatic heterocycles. The first-order valence-electron chi connectivity index (χ1n) is 4.93. The van der Waals surface area contributed by atoms with Crippen LogP contribution in [0.5, 0.6) is 0 Å². The Morgan fingerprint density at radius 3 is 2.94 bits per heavy atom. The molecular weight excluding hydrogens is 218 g/mol. The molecule has 0 spiro atoms. The molecule has 1 heterocycles. The second-order valence-electron chi connectivity index (χ2n) is 3.30. The summed E-state index contributed by atoms with van der Waals surface area (Å²) in [4.78, 5) is 11.5. The van der Waals surface area contributed by atoms with Crippen molar-refractivity contribution in [1.29, 1.82) is 0 Å². The third-order valence-electron chi connectivity index (χ3n) is 1.87. The quantitative estimate of drug-likeness (QED) is 0.791. The summed E-state index contributed by atoms with van der Waals surface area (Å²) < 4.78 is 25.1. The number of carbonyl (C=O) groups is 1. The number of amides is 1. The van der Waals surface area contributed by atoms with Crippen molar-refractivity contribution in [3.05, 3.63) is 11.9 Å². The summed E-state index contributed by atoms with van der Waals surface area (Å²) in [5.41, 5.74) is 5.60. The first kappa shape index (κ1) is 12.4. The summed E-state index contributed by atoms with van der Waals surface area (Å²) in [5, 5.41) is 6.28. The number of hydrogen-bond donors (Lipinski definition) is 2. The van der Waals surface area contributed by atoms with E-state index in [1.54, 1.807) is 0 Å². The highest BCUT2D eigenvalue weighted by atomic mass is 19.3. The van der Waals surface area contributed by atoms with E-state index in [0.29, 0.717) is 6.54 Å². The Balaban J connectivity index is 2.73. The molecule has 0 radical (unpaired) electrons. The molecular formula is C9H14F2N4O. The first-order chi connectivity index (χ1) is 7.54. The molecule has 0 saturated carbocycles. The van der Waals surface area contributed by atoms with Crippen molar-refractivity contribution in [3.8, 4) is 0 Å². The van der Waals surface area contributed by atoms with Crippen LogP contribution in [0.4, 0.5) is 14.5 Å². The van der Waals surface area contributed by atoms with Gasteiger partial charge in [0.25, 0.3) is 12.3 Å². The molecule has 16 heavy (non-hydrogen) atoms. The fraction of sp³-hybridized carbons (Fsp3) is 0.556. The summed E-state index contributed by atoms with van der Waals surface area (Å²) in [6.07, 6.45) is -0.512. The van der Waals surface area contributed by atoms with Gasteiger partial charge in [0.1, 0.15) is 6.54 Å². The Hall–Kier alpha value is -1.66. The molecule has 0 aromatic carbocycles. The zero-order valence-electron chi connectivity index (χ0n) is 8.91. The van der Waals surface area contributed by atoms with Gasteiger partial charge in [-0.25, -0.2) is 8.78 Å². The standard InChI is InChI=1S/C9H14F2N4O/c1-2-3-13-9(16)8-6(12)4-15(14-8)5-7(10)11/h4,7H,2-3,5,12H2,1H3,(H,13,16). The minimum Gasteiger partial charge on any atom is -0.396 e. The Morgan fingerprint density at radius 1 is 1.69 bits per heavy atom. The van der Waals surface area contributed by atoms with E-state index in [4.69, 9.17) is 5.73 Å². The van der Waals surface area contributed by atoms with E-state index < -0.39 is 18.9 Å². The Morgan fingerprint density at radius 2 is 2.38 bits per heavy atom. The van der Waals surface area contributed by atoms with Gasteiger partial charge in [-0.3, -0.25) is 9.48 Å². The molecule has 7 heteroatoms. The van der Waals surface area contributed by atoms with Crippen LogP contribution in [0.15, 0.2) is 6.20 Å². The molecule has 3 N–H and O–H groups in total. The van der Waals surface area contributed by atoms with E-state index >= 15 is 0 Å². The van der Waals surface area contributed by atoms with Crippen LogP contribution in [-0.2, 0) is 6.54 Å². The van der Waals surface area contributed by atoms with Gasteiger partial charge in [-0.2, -0.15) is 5.10 Å². The predicted octanol–water partition coefficient (Wildman–Crippen LogP) is 0.870. The Bertz CT molecular complexity index is 364. The van der Waals surface area contributed by atoms with Crippen molar-refractivity contribution in [2.24, 2.45) is 0 Å². The number of alkyl halides is 2. The van der Waals surface area contributed by atoms with Gasteiger partial charge < -0.3 is 11.1 Å². The van der Waals surface area contributed by atoms with Gasteiger partial charge in [-0.15, -0.1) is 0 Å². The molecule has 0 bridgehead atoms. The van der Waals surface area contributed by atoms with E-state index in [2.05, 4.69) is 10.4 Å². The van der Waals surface area contributed by atoms with Crippen molar-refractivity contribution in [1.82, 2.24) is 15.1 Å². The highest BCUT2D eigenvalue weighted by Gasteiger charge is 2.15. The van der Waals surface area contributed by atoms with Crippen LogP contribution in [0.3, 0.4) is 0 Å². The molecule has 0 saturated heterocycles. The minimum atomic E-state index is -2.52. The summed E-state index contributed by atoms with van der Waals surface area (Å²) >= 11 is 0. The van der Waals surface area contributed by atoms with Crippen LogP contribution in [0.2, 0.25) is 0 Å². The van der Waals surface area contributed by atoms with Crippen LogP contribution in [0.1, 0.15) is 23.8 Å². The fourth-order valence-electron chi connectivity index (χ4n) is 1.17. The second-order valence-corrected chi connectivity index (χ2v) is 3.30. The molecule has 0 aliphatic carbocycles. The zero-order chi connectivity index (χ0) is 12.1. The van der Waals surface area contributed by atoms with Gasteiger partial charge in [-0.05, 0) is 6.42 Å². The van der Waals surface area contributed by atoms with E-state index in [1.165, 1.54) is 6.20 Å². The maximum atomic E-state index is 12.1. The summed E-state index contributed by atoms with van der Waals surface area (Å²) in [6.45, 7) is 1.84. The van der Waals surface area contributed by atoms with Crippen molar-refractivity contribution >= 4 is 11.6 Å². The summed E-state index contributed by atoms with van der Waals surface area (Å²) in [5.74, 6) is -0.438. The SMILES string of the molecule is CCCNC(=O)c1nn(CC(F)F)cc1N. The van der Waals surface area contributed by atoms with Crippen LogP contribution in [0, 0.1) is 0 Å². The van der Waals surface area contributed by atoms with Crippen molar-refractivity contribution < 1.29 is 13.6 Å². The summed E-state index contributed by atoms with van der Waals surface area (Å²) in [6, 6.07) is 0. The molecule has 1 aromatic heterocycles. The van der Waals surface area contributed by atoms with Crippen molar-refractivity contribution in [2.75, 3.05) is 12.3 Å². The molecule has 0 fully saturated rings. The largest absolute Gasteiger partial charge is 0.396 e. The monoisotopic (exact) mass is 232 g/mol. The first-order valence-corrected chi connectivity index (χ1v) is 4.93. The number of aromatic nitrogens is 2. The van der Waals surface area contributed by atoms with Gasteiger partial charge in [0.2, 0.25) is 0 Å². The topological polar surface area (TPSA) is 72.9 Å². The van der Waals surface area contributed by atoms with Crippen LogP contribution in [0.25, 0.3) is 0 Å². The lowest BCUT2D eigenvalue weighted by Gasteiger charge is -2.01. The number of halogens is 2.